The van der Waals surface area contributed by atoms with Gasteiger partial charge in [-0.25, -0.2) is 4.98 Å². The summed E-state index contributed by atoms with van der Waals surface area (Å²) in [6.07, 6.45) is 0. The van der Waals surface area contributed by atoms with Crippen LogP contribution in [0.25, 0.3) is 10.2 Å². The summed E-state index contributed by atoms with van der Waals surface area (Å²) in [6.45, 7) is 2.18. The van der Waals surface area contributed by atoms with Crippen molar-refractivity contribution in [3.63, 3.8) is 0 Å². The van der Waals surface area contributed by atoms with Crippen LogP contribution in [-0.2, 0) is 18.4 Å². The van der Waals surface area contributed by atoms with Crippen LogP contribution in [0.5, 0.6) is 5.75 Å². The molecule has 0 aliphatic rings. The third-order valence-corrected chi connectivity index (χ3v) is 5.91. The maximum atomic E-state index is 12.4. The van der Waals surface area contributed by atoms with Gasteiger partial charge in [0.2, 0.25) is 5.91 Å². The Bertz CT molecular complexity index is 997. The van der Waals surface area contributed by atoms with Crippen molar-refractivity contribution in [2.45, 2.75) is 23.9 Å². The van der Waals surface area contributed by atoms with Crippen LogP contribution < -0.4 is 15.6 Å². The van der Waals surface area contributed by atoms with Crippen molar-refractivity contribution >= 4 is 39.2 Å². The highest BCUT2D eigenvalue weighted by Crippen LogP contribution is 2.24. The molecule has 1 atom stereocenters. The van der Waals surface area contributed by atoms with Crippen LogP contribution in [0.15, 0.2) is 45.7 Å². The molecule has 6 nitrogen and oxygen atoms in total. The number of carbonyl (C=O) groups excluding carboxylic acids is 1. The summed E-state index contributed by atoms with van der Waals surface area (Å²) in [7, 11) is 3.28. The Kier molecular flexibility index (Phi) is 5.63. The highest BCUT2D eigenvalue weighted by molar-refractivity contribution is 8.00. The van der Waals surface area contributed by atoms with Gasteiger partial charge in [0.15, 0.2) is 5.16 Å². The quantitative estimate of drug-likeness (QED) is 0.518. The van der Waals surface area contributed by atoms with Gasteiger partial charge in [0.05, 0.1) is 17.7 Å². The van der Waals surface area contributed by atoms with Crippen LogP contribution in [-0.4, -0.2) is 27.8 Å². The van der Waals surface area contributed by atoms with Crippen molar-refractivity contribution in [2.75, 3.05) is 7.11 Å². The SMILES string of the molecule is COc1ccccc1CNC(=O)C(C)Sc1nc2sccc2c(=O)n1C. The first-order valence-corrected chi connectivity index (χ1v) is 9.77. The molecule has 0 saturated carbocycles. The lowest BCUT2D eigenvalue weighted by atomic mass is 10.2. The zero-order valence-corrected chi connectivity index (χ0v) is 16.3. The number of aromatic nitrogens is 2. The molecule has 8 heteroatoms. The lowest BCUT2D eigenvalue weighted by Gasteiger charge is -2.14. The van der Waals surface area contributed by atoms with Crippen LogP contribution in [0.2, 0.25) is 0 Å². The molecule has 136 valence electrons. The van der Waals surface area contributed by atoms with Gasteiger partial charge in [-0.05, 0) is 24.4 Å². The van der Waals surface area contributed by atoms with Gasteiger partial charge in [-0.3, -0.25) is 14.2 Å². The lowest BCUT2D eigenvalue weighted by Crippen LogP contribution is -2.31. The molecule has 2 heterocycles. The molecule has 0 saturated heterocycles. The smallest absolute Gasteiger partial charge is 0.262 e. The number of nitrogens with zero attached hydrogens (tertiary/aromatic N) is 2. The van der Waals surface area contributed by atoms with Crippen molar-refractivity contribution in [1.82, 2.24) is 14.9 Å². The summed E-state index contributed by atoms with van der Waals surface area (Å²) >= 11 is 2.69. The van der Waals surface area contributed by atoms with Gasteiger partial charge in [-0.15, -0.1) is 11.3 Å². The molecular weight excluding hydrogens is 370 g/mol. The first kappa shape index (κ1) is 18.5. The zero-order valence-electron chi connectivity index (χ0n) is 14.7. The second-order valence-electron chi connectivity index (χ2n) is 5.69. The molecule has 0 spiro atoms. The van der Waals surface area contributed by atoms with Crippen molar-refractivity contribution in [1.29, 1.82) is 0 Å². The van der Waals surface area contributed by atoms with Crippen LogP contribution >= 0.6 is 23.1 Å². The number of nitrogens with one attached hydrogen (secondary N) is 1. The molecular formula is C18H19N3O3S2. The number of hydrogen-bond acceptors (Lipinski definition) is 6. The van der Waals surface area contributed by atoms with E-state index in [4.69, 9.17) is 4.74 Å². The fraction of sp³-hybridized carbons (Fsp3) is 0.278. The number of thioether (sulfide) groups is 1. The number of amides is 1. The van der Waals surface area contributed by atoms with Gasteiger partial charge in [0.1, 0.15) is 10.6 Å². The molecule has 2 aromatic heterocycles. The fourth-order valence-electron chi connectivity index (χ4n) is 2.47. The summed E-state index contributed by atoms with van der Waals surface area (Å²) < 4.78 is 6.78. The van der Waals surface area contributed by atoms with E-state index in [9.17, 15) is 9.59 Å². The van der Waals surface area contributed by atoms with Gasteiger partial charge in [0, 0.05) is 19.2 Å². The minimum atomic E-state index is -0.389. The van der Waals surface area contributed by atoms with Crippen molar-refractivity contribution in [3.8, 4) is 5.75 Å². The molecule has 26 heavy (non-hydrogen) atoms. The van der Waals surface area contributed by atoms with E-state index in [1.54, 1.807) is 27.1 Å². The molecule has 1 aromatic carbocycles. The Morgan fingerprint density at radius 3 is 2.92 bits per heavy atom. The normalized spacial score (nSPS) is 12.1. The summed E-state index contributed by atoms with van der Waals surface area (Å²) in [5, 5.41) is 5.50. The first-order valence-electron chi connectivity index (χ1n) is 8.01. The number of benzene rings is 1. The fourth-order valence-corrected chi connectivity index (χ4v) is 4.18. The van der Waals surface area contributed by atoms with E-state index < -0.39 is 0 Å². The summed E-state index contributed by atoms with van der Waals surface area (Å²) in [4.78, 5) is 30.0. The van der Waals surface area contributed by atoms with E-state index in [0.717, 1.165) is 11.3 Å². The number of thiophene rings is 1. The summed E-state index contributed by atoms with van der Waals surface area (Å²) in [6, 6.07) is 9.32. The maximum absolute atomic E-state index is 12.4. The molecule has 3 rings (SSSR count). The average molecular weight is 390 g/mol. The molecule has 0 aliphatic heterocycles. The Labute approximate surface area is 159 Å². The number of hydrogen-bond donors (Lipinski definition) is 1. The molecule has 3 aromatic rings. The van der Waals surface area contributed by atoms with Gasteiger partial charge in [-0.1, -0.05) is 30.0 Å². The zero-order chi connectivity index (χ0) is 18.7. The van der Waals surface area contributed by atoms with Gasteiger partial charge < -0.3 is 10.1 Å². The molecule has 0 bridgehead atoms. The Hall–Kier alpha value is -2.32. The molecule has 1 amide bonds. The predicted molar refractivity (Wildman–Crippen MR) is 105 cm³/mol. The van der Waals surface area contributed by atoms with E-state index in [1.807, 2.05) is 29.6 Å². The minimum Gasteiger partial charge on any atom is -0.496 e. The Morgan fingerprint density at radius 2 is 2.15 bits per heavy atom. The van der Waals surface area contributed by atoms with E-state index in [2.05, 4.69) is 10.3 Å². The molecule has 1 N–H and O–H groups in total. The number of carbonyl (C=O) groups is 1. The summed E-state index contributed by atoms with van der Waals surface area (Å²) in [5.74, 6) is 0.613. The van der Waals surface area contributed by atoms with Crippen LogP contribution in [0.4, 0.5) is 0 Å². The highest BCUT2D eigenvalue weighted by atomic mass is 32.2. The number of fused-ring (bicyclic) bond motifs is 1. The van der Waals surface area contributed by atoms with Crippen molar-refractivity contribution in [3.05, 3.63) is 51.6 Å². The maximum Gasteiger partial charge on any atom is 0.262 e. The van der Waals surface area contributed by atoms with E-state index in [0.29, 0.717) is 21.9 Å². The number of methoxy groups -OCH3 is 1. The molecule has 0 fully saturated rings. The van der Waals surface area contributed by atoms with Crippen LogP contribution in [0.1, 0.15) is 12.5 Å². The second-order valence-corrected chi connectivity index (χ2v) is 7.89. The standard InChI is InChI=1S/C18H19N3O3S2/c1-11(15(22)19-10-12-6-4-5-7-14(12)24-3)26-18-20-16-13(8-9-25-16)17(23)21(18)2/h4-9,11H,10H2,1-3H3,(H,19,22). The van der Waals surface area contributed by atoms with E-state index in [-0.39, 0.29) is 16.7 Å². The van der Waals surface area contributed by atoms with Crippen molar-refractivity contribution in [2.24, 2.45) is 7.05 Å². The number of rotatable bonds is 6. The second kappa shape index (κ2) is 7.92. The third kappa shape index (κ3) is 3.76. The third-order valence-electron chi connectivity index (χ3n) is 3.96. The first-order chi connectivity index (χ1) is 12.5. The largest absolute Gasteiger partial charge is 0.496 e. The topological polar surface area (TPSA) is 73.2 Å². The molecule has 1 unspecified atom stereocenters. The van der Waals surface area contributed by atoms with Crippen molar-refractivity contribution < 1.29 is 9.53 Å². The van der Waals surface area contributed by atoms with E-state index >= 15 is 0 Å². The molecule has 0 radical (unpaired) electrons. The average Bonchev–Trinajstić information content (AvgIpc) is 3.12. The minimum absolute atomic E-state index is 0.0969. The van der Waals surface area contributed by atoms with Gasteiger partial charge in [-0.2, -0.15) is 0 Å². The summed E-state index contributed by atoms with van der Waals surface area (Å²) in [5.41, 5.74) is 0.812. The predicted octanol–water partition coefficient (Wildman–Crippen LogP) is 2.80. The Morgan fingerprint density at radius 1 is 1.38 bits per heavy atom. The van der Waals surface area contributed by atoms with Crippen LogP contribution in [0.3, 0.4) is 0 Å². The van der Waals surface area contributed by atoms with Gasteiger partial charge >= 0.3 is 0 Å². The lowest BCUT2D eigenvalue weighted by molar-refractivity contribution is -0.120. The van der Waals surface area contributed by atoms with E-state index in [1.165, 1.54) is 27.7 Å². The van der Waals surface area contributed by atoms with Gasteiger partial charge in [0.25, 0.3) is 5.56 Å². The number of ether oxygens (including phenoxy) is 1. The Balaban J connectivity index is 1.70. The molecule has 0 aliphatic carbocycles. The monoisotopic (exact) mass is 389 g/mol. The van der Waals surface area contributed by atoms with Crippen LogP contribution in [0, 0.1) is 0 Å². The highest BCUT2D eigenvalue weighted by Gasteiger charge is 2.18. The number of para-hydroxylation sites is 1.